The Morgan fingerprint density at radius 1 is 1.00 bits per heavy atom. The van der Waals surface area contributed by atoms with Gasteiger partial charge < -0.3 is 5.32 Å². The highest BCUT2D eigenvalue weighted by molar-refractivity contribution is 5.06. The number of hydrogen-bond donors (Lipinski definition) is 1. The molecule has 3 rings (SSSR count). The molecule has 0 aromatic carbocycles. The molecule has 0 amide bonds. The molecule has 2 unspecified atom stereocenters. The van der Waals surface area contributed by atoms with Crippen molar-refractivity contribution < 1.29 is 0 Å². The van der Waals surface area contributed by atoms with E-state index in [9.17, 15) is 0 Å². The SMILES string of the molecule is C1CNC2C(C1)CCC21CCC1. The van der Waals surface area contributed by atoms with Gasteiger partial charge in [-0.25, -0.2) is 0 Å². The molecule has 1 heterocycles. The van der Waals surface area contributed by atoms with Gasteiger partial charge in [-0.05, 0) is 56.4 Å². The van der Waals surface area contributed by atoms with Crippen LogP contribution < -0.4 is 5.32 Å². The largest absolute Gasteiger partial charge is 0.313 e. The molecule has 3 aliphatic rings. The topological polar surface area (TPSA) is 12.0 Å². The quantitative estimate of drug-likeness (QED) is 0.581. The van der Waals surface area contributed by atoms with Gasteiger partial charge in [-0.3, -0.25) is 0 Å². The fourth-order valence-corrected chi connectivity index (χ4v) is 3.80. The summed E-state index contributed by atoms with van der Waals surface area (Å²) in [5, 5.41) is 3.77. The van der Waals surface area contributed by atoms with Crippen molar-refractivity contribution in [1.82, 2.24) is 5.32 Å². The van der Waals surface area contributed by atoms with Gasteiger partial charge in [0.05, 0.1) is 0 Å². The van der Waals surface area contributed by atoms with Crippen LogP contribution in [-0.2, 0) is 0 Å². The maximum absolute atomic E-state index is 3.77. The van der Waals surface area contributed by atoms with Crippen LogP contribution in [0.25, 0.3) is 0 Å². The molecule has 1 heteroatoms. The van der Waals surface area contributed by atoms with E-state index in [2.05, 4.69) is 5.32 Å². The van der Waals surface area contributed by atoms with Crippen LogP contribution in [0.5, 0.6) is 0 Å². The third kappa shape index (κ3) is 0.834. The van der Waals surface area contributed by atoms with Gasteiger partial charge in [0.2, 0.25) is 0 Å². The summed E-state index contributed by atoms with van der Waals surface area (Å²) in [6, 6.07) is 0.931. The first-order chi connectivity index (χ1) is 5.91. The highest BCUT2D eigenvalue weighted by Gasteiger charge is 2.51. The van der Waals surface area contributed by atoms with Gasteiger partial charge in [0, 0.05) is 6.04 Å². The van der Waals surface area contributed by atoms with Crippen LogP contribution in [0.2, 0.25) is 0 Å². The summed E-state index contributed by atoms with van der Waals surface area (Å²) in [5.74, 6) is 1.05. The zero-order valence-corrected chi connectivity index (χ0v) is 7.81. The fourth-order valence-electron chi connectivity index (χ4n) is 3.80. The maximum Gasteiger partial charge on any atom is 0.0152 e. The van der Waals surface area contributed by atoms with Crippen molar-refractivity contribution in [3.8, 4) is 0 Å². The molecular weight excluding hydrogens is 146 g/mol. The number of hydrogen-bond acceptors (Lipinski definition) is 1. The van der Waals surface area contributed by atoms with E-state index in [0.717, 1.165) is 17.4 Å². The van der Waals surface area contributed by atoms with Crippen molar-refractivity contribution in [2.75, 3.05) is 6.54 Å². The van der Waals surface area contributed by atoms with E-state index in [1.54, 1.807) is 0 Å². The average Bonchev–Trinajstić information content (AvgIpc) is 2.42. The molecule has 1 aliphatic heterocycles. The molecule has 68 valence electrons. The molecule has 2 aliphatic carbocycles. The molecule has 1 N–H and O–H groups in total. The summed E-state index contributed by atoms with van der Waals surface area (Å²) in [4.78, 5) is 0. The standard InChI is InChI=1S/C11H19N/c1-3-9-4-7-11(5-2-6-11)10(9)12-8-1/h9-10,12H,1-8H2. The van der Waals surface area contributed by atoms with E-state index < -0.39 is 0 Å². The maximum atomic E-state index is 3.77. The third-order valence-electron chi connectivity index (χ3n) is 4.61. The van der Waals surface area contributed by atoms with Crippen LogP contribution in [0.1, 0.15) is 44.9 Å². The van der Waals surface area contributed by atoms with Gasteiger partial charge >= 0.3 is 0 Å². The van der Waals surface area contributed by atoms with Crippen molar-refractivity contribution in [1.29, 1.82) is 0 Å². The summed E-state index contributed by atoms with van der Waals surface area (Å²) in [6.45, 7) is 1.29. The number of piperidine rings is 1. The van der Waals surface area contributed by atoms with Gasteiger partial charge in [-0.2, -0.15) is 0 Å². The molecule has 12 heavy (non-hydrogen) atoms. The van der Waals surface area contributed by atoms with Crippen LogP contribution >= 0.6 is 0 Å². The average molecular weight is 165 g/mol. The first-order valence-electron chi connectivity index (χ1n) is 5.64. The highest BCUT2D eigenvalue weighted by Crippen LogP contribution is 2.56. The lowest BCUT2D eigenvalue weighted by Gasteiger charge is -2.46. The second-order valence-corrected chi connectivity index (χ2v) is 5.09. The second-order valence-electron chi connectivity index (χ2n) is 5.09. The lowest BCUT2D eigenvalue weighted by atomic mass is 9.64. The summed E-state index contributed by atoms with van der Waals surface area (Å²) >= 11 is 0. The molecular formula is C11H19N. The van der Waals surface area contributed by atoms with E-state index in [0.29, 0.717) is 0 Å². The van der Waals surface area contributed by atoms with Gasteiger partial charge in [-0.1, -0.05) is 6.42 Å². The molecule has 1 nitrogen and oxygen atoms in total. The minimum absolute atomic E-state index is 0.797. The molecule has 1 spiro atoms. The van der Waals surface area contributed by atoms with Crippen molar-refractivity contribution in [2.45, 2.75) is 51.0 Å². The number of nitrogens with one attached hydrogen (secondary N) is 1. The molecule has 0 radical (unpaired) electrons. The Morgan fingerprint density at radius 2 is 1.92 bits per heavy atom. The Labute approximate surface area is 74.9 Å². The van der Waals surface area contributed by atoms with Crippen molar-refractivity contribution >= 4 is 0 Å². The lowest BCUT2D eigenvalue weighted by Crippen LogP contribution is -2.51. The number of fused-ring (bicyclic) bond motifs is 2. The van der Waals surface area contributed by atoms with Gasteiger partial charge in [0.25, 0.3) is 0 Å². The molecule has 1 saturated heterocycles. The molecule has 2 atom stereocenters. The summed E-state index contributed by atoms with van der Waals surface area (Å²) in [6.07, 6.45) is 10.6. The van der Waals surface area contributed by atoms with E-state index in [1.807, 2.05) is 0 Å². The first kappa shape index (κ1) is 7.37. The van der Waals surface area contributed by atoms with Crippen LogP contribution in [0, 0.1) is 11.3 Å². The van der Waals surface area contributed by atoms with Gasteiger partial charge in [0.1, 0.15) is 0 Å². The van der Waals surface area contributed by atoms with Crippen LogP contribution in [0.15, 0.2) is 0 Å². The molecule has 2 saturated carbocycles. The van der Waals surface area contributed by atoms with E-state index in [1.165, 1.54) is 51.5 Å². The van der Waals surface area contributed by atoms with E-state index in [-0.39, 0.29) is 0 Å². The van der Waals surface area contributed by atoms with Gasteiger partial charge in [0.15, 0.2) is 0 Å². The predicted molar refractivity (Wildman–Crippen MR) is 50.0 cm³/mol. The number of rotatable bonds is 0. The summed E-state index contributed by atoms with van der Waals surface area (Å²) in [5.41, 5.74) is 0.797. The third-order valence-corrected chi connectivity index (χ3v) is 4.61. The molecule has 0 bridgehead atoms. The Hall–Kier alpha value is -0.0400. The highest BCUT2D eigenvalue weighted by atomic mass is 15.0. The molecule has 3 fully saturated rings. The fraction of sp³-hybridized carbons (Fsp3) is 1.00. The van der Waals surface area contributed by atoms with Crippen molar-refractivity contribution in [2.24, 2.45) is 11.3 Å². The van der Waals surface area contributed by atoms with Crippen LogP contribution in [-0.4, -0.2) is 12.6 Å². The summed E-state index contributed by atoms with van der Waals surface area (Å²) in [7, 11) is 0. The minimum Gasteiger partial charge on any atom is -0.313 e. The van der Waals surface area contributed by atoms with Crippen molar-refractivity contribution in [3.63, 3.8) is 0 Å². The Kier molecular flexibility index (Phi) is 1.52. The Balaban J connectivity index is 1.81. The molecule has 0 aromatic heterocycles. The van der Waals surface area contributed by atoms with E-state index in [4.69, 9.17) is 0 Å². The zero-order chi connectivity index (χ0) is 8.02. The zero-order valence-electron chi connectivity index (χ0n) is 7.81. The minimum atomic E-state index is 0.797. The first-order valence-corrected chi connectivity index (χ1v) is 5.64. The van der Waals surface area contributed by atoms with Crippen molar-refractivity contribution in [3.05, 3.63) is 0 Å². The predicted octanol–water partition coefficient (Wildman–Crippen LogP) is 2.32. The smallest absolute Gasteiger partial charge is 0.0152 e. The van der Waals surface area contributed by atoms with Crippen LogP contribution in [0.4, 0.5) is 0 Å². The van der Waals surface area contributed by atoms with Gasteiger partial charge in [-0.15, -0.1) is 0 Å². The monoisotopic (exact) mass is 165 g/mol. The normalized spacial score (nSPS) is 44.0. The summed E-state index contributed by atoms with van der Waals surface area (Å²) < 4.78 is 0. The lowest BCUT2D eigenvalue weighted by molar-refractivity contribution is 0.0777. The Bertz CT molecular complexity index is 183. The second kappa shape index (κ2) is 2.47. The van der Waals surface area contributed by atoms with Crippen LogP contribution in [0.3, 0.4) is 0 Å². The van der Waals surface area contributed by atoms with E-state index >= 15 is 0 Å². The Morgan fingerprint density at radius 3 is 2.67 bits per heavy atom. The molecule has 0 aromatic rings.